The highest BCUT2D eigenvalue weighted by Crippen LogP contribution is 2.10. The fraction of sp³-hybridized carbons (Fsp3) is 0.438. The minimum Gasteiger partial charge on any atom is -0.356 e. The second-order valence-electron chi connectivity index (χ2n) is 5.22. The van der Waals surface area contributed by atoms with Gasteiger partial charge in [-0.25, -0.2) is 9.67 Å². The number of aliphatic imine (C=N–C) groups is 1. The molecule has 0 aliphatic carbocycles. The molecule has 0 unspecified atom stereocenters. The van der Waals surface area contributed by atoms with Gasteiger partial charge in [-0.2, -0.15) is 5.10 Å². The first-order valence-electron chi connectivity index (χ1n) is 7.57. The predicted octanol–water partition coefficient (Wildman–Crippen LogP) is 1.96. The van der Waals surface area contributed by atoms with Crippen molar-refractivity contribution in [3.8, 4) is 5.82 Å². The molecule has 0 aromatic carbocycles. The molecule has 0 spiro atoms. The smallest absolute Gasteiger partial charge is 0.191 e. The van der Waals surface area contributed by atoms with Crippen molar-refractivity contribution < 1.29 is 0 Å². The van der Waals surface area contributed by atoms with E-state index in [1.54, 1.807) is 7.05 Å². The van der Waals surface area contributed by atoms with E-state index in [0.29, 0.717) is 6.54 Å². The van der Waals surface area contributed by atoms with Crippen molar-refractivity contribution in [2.75, 3.05) is 13.6 Å². The molecule has 0 saturated carbocycles. The number of nitrogens with zero attached hydrogens (tertiary/aromatic N) is 4. The van der Waals surface area contributed by atoms with Crippen LogP contribution in [0.25, 0.3) is 5.82 Å². The van der Waals surface area contributed by atoms with E-state index in [1.165, 1.54) is 0 Å². The van der Waals surface area contributed by atoms with Crippen LogP contribution >= 0.6 is 0 Å². The Morgan fingerprint density at radius 1 is 1.27 bits per heavy atom. The molecule has 6 nitrogen and oxygen atoms in total. The van der Waals surface area contributed by atoms with Gasteiger partial charge < -0.3 is 10.6 Å². The van der Waals surface area contributed by atoms with Crippen LogP contribution in [-0.2, 0) is 6.54 Å². The third-order valence-electron chi connectivity index (χ3n) is 3.26. The lowest BCUT2D eigenvalue weighted by atomic mass is 10.3. The molecule has 0 saturated heterocycles. The van der Waals surface area contributed by atoms with Crippen molar-refractivity contribution in [1.29, 1.82) is 0 Å². The highest BCUT2D eigenvalue weighted by Gasteiger charge is 2.05. The maximum Gasteiger partial charge on any atom is 0.191 e. The molecule has 0 aliphatic rings. The Balaban J connectivity index is 1.99. The maximum atomic E-state index is 4.49. The summed E-state index contributed by atoms with van der Waals surface area (Å²) in [5.74, 6) is 1.65. The average molecular weight is 300 g/mol. The summed E-state index contributed by atoms with van der Waals surface area (Å²) in [4.78, 5) is 8.67. The third kappa shape index (κ3) is 4.07. The lowest BCUT2D eigenvalue weighted by Gasteiger charge is -2.11. The fourth-order valence-electron chi connectivity index (χ4n) is 2.16. The van der Waals surface area contributed by atoms with Gasteiger partial charge in [0.15, 0.2) is 11.8 Å². The lowest BCUT2D eigenvalue weighted by molar-refractivity contribution is 0.775. The van der Waals surface area contributed by atoms with Crippen LogP contribution in [0.3, 0.4) is 0 Å². The van der Waals surface area contributed by atoms with Crippen LogP contribution in [-0.4, -0.2) is 34.3 Å². The zero-order valence-corrected chi connectivity index (χ0v) is 13.7. The quantitative estimate of drug-likeness (QED) is 0.654. The van der Waals surface area contributed by atoms with Gasteiger partial charge in [0.05, 0.1) is 5.69 Å². The Morgan fingerprint density at radius 3 is 2.64 bits per heavy atom. The van der Waals surface area contributed by atoms with Crippen LogP contribution < -0.4 is 10.6 Å². The molecule has 2 heterocycles. The van der Waals surface area contributed by atoms with Crippen molar-refractivity contribution in [1.82, 2.24) is 25.4 Å². The van der Waals surface area contributed by atoms with Crippen molar-refractivity contribution in [2.45, 2.75) is 33.7 Å². The lowest BCUT2D eigenvalue weighted by Crippen LogP contribution is -2.37. The van der Waals surface area contributed by atoms with Crippen LogP contribution in [0, 0.1) is 13.8 Å². The van der Waals surface area contributed by atoms with Crippen molar-refractivity contribution in [2.24, 2.45) is 4.99 Å². The molecule has 118 valence electrons. The Morgan fingerprint density at radius 2 is 2.09 bits per heavy atom. The van der Waals surface area contributed by atoms with E-state index >= 15 is 0 Å². The molecular weight excluding hydrogens is 276 g/mol. The summed E-state index contributed by atoms with van der Waals surface area (Å²) in [6, 6.07) is 6.08. The van der Waals surface area contributed by atoms with Crippen LogP contribution in [0.5, 0.6) is 0 Å². The van der Waals surface area contributed by atoms with Gasteiger partial charge in [0.2, 0.25) is 0 Å². The average Bonchev–Trinajstić information content (AvgIpc) is 2.87. The summed E-state index contributed by atoms with van der Waals surface area (Å²) in [6.45, 7) is 7.74. The van der Waals surface area contributed by atoms with E-state index in [4.69, 9.17) is 0 Å². The standard InChI is InChI=1S/C16H24N6/c1-5-8-18-16(17-4)20-11-14-6-7-15(19-10-14)22-13(3)9-12(2)21-22/h6-7,9-10H,5,8,11H2,1-4H3,(H2,17,18,20). The van der Waals surface area contributed by atoms with Crippen molar-refractivity contribution >= 4 is 5.96 Å². The molecule has 2 N–H and O–H groups in total. The normalized spacial score (nSPS) is 11.5. The minimum atomic E-state index is 0.688. The van der Waals surface area contributed by atoms with Crippen molar-refractivity contribution in [3.63, 3.8) is 0 Å². The Labute approximate surface area is 131 Å². The third-order valence-corrected chi connectivity index (χ3v) is 3.26. The highest BCUT2D eigenvalue weighted by atomic mass is 15.3. The Kier molecular flexibility index (Phi) is 5.52. The number of nitrogens with one attached hydrogen (secondary N) is 2. The van der Waals surface area contributed by atoms with E-state index in [9.17, 15) is 0 Å². The first-order chi connectivity index (χ1) is 10.6. The first-order valence-corrected chi connectivity index (χ1v) is 7.57. The fourth-order valence-corrected chi connectivity index (χ4v) is 2.16. The molecule has 0 aliphatic heterocycles. The molecule has 2 rings (SSSR count). The molecule has 6 heteroatoms. The number of pyridine rings is 1. The second-order valence-corrected chi connectivity index (χ2v) is 5.22. The summed E-state index contributed by atoms with van der Waals surface area (Å²) in [5, 5.41) is 11.0. The van der Waals surface area contributed by atoms with Crippen LogP contribution in [0.1, 0.15) is 30.3 Å². The summed E-state index contributed by atoms with van der Waals surface area (Å²) in [6.07, 6.45) is 2.94. The van der Waals surface area contributed by atoms with Crippen LogP contribution in [0.2, 0.25) is 0 Å². The largest absolute Gasteiger partial charge is 0.356 e. The minimum absolute atomic E-state index is 0.688. The van der Waals surface area contributed by atoms with Crippen LogP contribution in [0.4, 0.5) is 0 Å². The number of aryl methyl sites for hydroxylation is 2. The van der Waals surface area contributed by atoms with Gasteiger partial charge in [-0.1, -0.05) is 13.0 Å². The topological polar surface area (TPSA) is 67.1 Å². The van der Waals surface area contributed by atoms with E-state index in [2.05, 4.69) is 38.7 Å². The summed E-state index contributed by atoms with van der Waals surface area (Å²) in [5.41, 5.74) is 3.18. The Bertz CT molecular complexity index is 627. The number of guanidine groups is 1. The zero-order chi connectivity index (χ0) is 15.9. The number of hydrogen-bond acceptors (Lipinski definition) is 3. The van der Waals surface area contributed by atoms with E-state index in [-0.39, 0.29) is 0 Å². The molecule has 0 bridgehead atoms. The molecule has 0 radical (unpaired) electrons. The molecule has 22 heavy (non-hydrogen) atoms. The molecule has 0 fully saturated rings. The monoisotopic (exact) mass is 300 g/mol. The van der Waals surface area contributed by atoms with Crippen molar-refractivity contribution in [3.05, 3.63) is 41.3 Å². The molecule has 0 atom stereocenters. The van der Waals surface area contributed by atoms with Gasteiger partial charge in [-0.3, -0.25) is 4.99 Å². The molecule has 2 aromatic heterocycles. The number of rotatable bonds is 5. The molecular formula is C16H24N6. The van der Waals surface area contributed by atoms with Gasteiger partial charge in [0.1, 0.15) is 0 Å². The summed E-state index contributed by atoms with van der Waals surface area (Å²) < 4.78 is 1.86. The first kappa shape index (κ1) is 16.0. The van der Waals surface area contributed by atoms with Gasteiger partial charge in [-0.15, -0.1) is 0 Å². The maximum absolute atomic E-state index is 4.49. The summed E-state index contributed by atoms with van der Waals surface area (Å²) in [7, 11) is 1.77. The van der Waals surface area contributed by atoms with E-state index < -0.39 is 0 Å². The summed E-state index contributed by atoms with van der Waals surface area (Å²) >= 11 is 0. The zero-order valence-electron chi connectivity index (χ0n) is 13.7. The number of aromatic nitrogens is 3. The molecule has 2 aromatic rings. The van der Waals surface area contributed by atoms with E-state index in [1.807, 2.05) is 36.9 Å². The van der Waals surface area contributed by atoms with Crippen LogP contribution in [0.15, 0.2) is 29.4 Å². The molecule has 0 amide bonds. The highest BCUT2D eigenvalue weighted by molar-refractivity contribution is 5.79. The van der Waals surface area contributed by atoms with Gasteiger partial charge >= 0.3 is 0 Å². The van der Waals surface area contributed by atoms with Gasteiger partial charge in [0, 0.05) is 32.0 Å². The number of hydrogen-bond donors (Lipinski definition) is 2. The SMILES string of the molecule is CCCNC(=NC)NCc1ccc(-n2nc(C)cc2C)nc1. The second kappa shape index (κ2) is 7.59. The van der Waals surface area contributed by atoms with Gasteiger partial charge in [0.25, 0.3) is 0 Å². The Hall–Kier alpha value is -2.37. The van der Waals surface area contributed by atoms with Gasteiger partial charge in [-0.05, 0) is 38.0 Å². The predicted molar refractivity (Wildman–Crippen MR) is 89.3 cm³/mol. The van der Waals surface area contributed by atoms with E-state index in [0.717, 1.165) is 41.7 Å².